The molecule has 1 saturated carbocycles. The van der Waals surface area contributed by atoms with Gasteiger partial charge in [0, 0.05) is 25.2 Å². The van der Waals surface area contributed by atoms with E-state index >= 15 is 0 Å². The molecule has 0 bridgehead atoms. The van der Waals surface area contributed by atoms with E-state index in [9.17, 15) is 8.42 Å². The molecule has 1 aliphatic heterocycles. The number of sulfonamides is 1. The molecule has 2 N–H and O–H groups in total. The van der Waals surface area contributed by atoms with Crippen molar-refractivity contribution >= 4 is 15.7 Å². The smallest absolute Gasteiger partial charge is 0.242 e. The Morgan fingerprint density at radius 3 is 2.67 bits per heavy atom. The van der Waals surface area contributed by atoms with Gasteiger partial charge in [-0.1, -0.05) is 12.1 Å². The van der Waals surface area contributed by atoms with Crippen LogP contribution in [0.2, 0.25) is 0 Å². The van der Waals surface area contributed by atoms with Crippen molar-refractivity contribution in [3.8, 4) is 0 Å². The molecule has 1 unspecified atom stereocenters. The molecule has 1 aliphatic carbocycles. The number of hydrogen-bond acceptors (Lipinski definition) is 4. The first-order valence-electron chi connectivity index (χ1n) is 7.70. The average molecular weight is 309 g/mol. The monoisotopic (exact) mass is 309 g/mol. The minimum atomic E-state index is -3.42. The lowest BCUT2D eigenvalue weighted by molar-refractivity contribution is 0.578. The van der Waals surface area contributed by atoms with Gasteiger partial charge in [0.25, 0.3) is 0 Å². The molecule has 116 valence electrons. The maximum atomic E-state index is 12.6. The van der Waals surface area contributed by atoms with E-state index in [2.05, 4.69) is 21.9 Å². The van der Waals surface area contributed by atoms with Crippen molar-refractivity contribution < 1.29 is 8.42 Å². The number of nitrogens with zero attached hydrogens (tertiary/aromatic N) is 1. The fourth-order valence-electron chi connectivity index (χ4n) is 2.94. The van der Waals surface area contributed by atoms with Crippen LogP contribution in [-0.4, -0.2) is 40.1 Å². The minimum Gasteiger partial charge on any atom is -0.366 e. The molecule has 3 rings (SSSR count). The zero-order valence-electron chi connectivity index (χ0n) is 12.4. The van der Waals surface area contributed by atoms with Crippen LogP contribution < -0.4 is 14.9 Å². The van der Waals surface area contributed by atoms with Crippen LogP contribution in [0.4, 0.5) is 5.69 Å². The molecular formula is C15H23N3O2S. The van der Waals surface area contributed by atoms with Gasteiger partial charge in [0.2, 0.25) is 10.0 Å². The van der Waals surface area contributed by atoms with Crippen molar-refractivity contribution in [2.75, 3.05) is 24.5 Å². The van der Waals surface area contributed by atoms with Crippen molar-refractivity contribution in [1.29, 1.82) is 0 Å². The molecule has 5 nitrogen and oxygen atoms in total. The molecule has 0 spiro atoms. The van der Waals surface area contributed by atoms with Gasteiger partial charge >= 0.3 is 0 Å². The molecule has 1 saturated heterocycles. The second-order valence-electron chi connectivity index (χ2n) is 5.80. The molecule has 2 aliphatic rings. The highest BCUT2D eigenvalue weighted by molar-refractivity contribution is 7.89. The summed E-state index contributed by atoms with van der Waals surface area (Å²) < 4.78 is 28.0. The van der Waals surface area contributed by atoms with Crippen LogP contribution in [-0.2, 0) is 10.0 Å². The molecule has 6 heteroatoms. The Morgan fingerprint density at radius 2 is 2.05 bits per heavy atom. The van der Waals surface area contributed by atoms with E-state index in [0.717, 1.165) is 44.6 Å². The lowest BCUT2D eigenvalue weighted by atomic mass is 10.2. The SMILES string of the molecule is CCN(c1ccccc1S(=O)(=O)NC1CC1)C1CCNC1. The number of likely N-dealkylation sites (N-methyl/N-ethyl adjacent to an activating group) is 1. The number of rotatable bonds is 6. The summed E-state index contributed by atoms with van der Waals surface area (Å²) >= 11 is 0. The highest BCUT2D eigenvalue weighted by Crippen LogP contribution is 2.30. The van der Waals surface area contributed by atoms with Gasteiger partial charge in [-0.3, -0.25) is 0 Å². The van der Waals surface area contributed by atoms with Crippen molar-refractivity contribution in [3.05, 3.63) is 24.3 Å². The third-order valence-electron chi connectivity index (χ3n) is 4.18. The van der Waals surface area contributed by atoms with Crippen LogP contribution in [0.1, 0.15) is 26.2 Å². The van der Waals surface area contributed by atoms with E-state index < -0.39 is 10.0 Å². The van der Waals surface area contributed by atoms with Gasteiger partial charge in [-0.2, -0.15) is 0 Å². The summed E-state index contributed by atoms with van der Waals surface area (Å²) in [4.78, 5) is 2.62. The first-order chi connectivity index (χ1) is 10.1. The van der Waals surface area contributed by atoms with E-state index in [-0.39, 0.29) is 6.04 Å². The van der Waals surface area contributed by atoms with Crippen LogP contribution in [0, 0.1) is 0 Å². The van der Waals surface area contributed by atoms with Crippen molar-refractivity contribution in [2.24, 2.45) is 0 Å². The summed E-state index contributed by atoms with van der Waals surface area (Å²) in [7, 11) is -3.42. The van der Waals surface area contributed by atoms with Gasteiger partial charge in [0.15, 0.2) is 0 Å². The second kappa shape index (κ2) is 5.94. The van der Waals surface area contributed by atoms with Crippen molar-refractivity contribution in [2.45, 2.75) is 43.2 Å². The van der Waals surface area contributed by atoms with Gasteiger partial charge in [-0.25, -0.2) is 13.1 Å². The lowest BCUT2D eigenvalue weighted by Gasteiger charge is -2.31. The molecular weight excluding hydrogens is 286 g/mol. The molecule has 21 heavy (non-hydrogen) atoms. The zero-order chi connectivity index (χ0) is 14.9. The van der Waals surface area contributed by atoms with Gasteiger partial charge in [-0.15, -0.1) is 0 Å². The molecule has 0 amide bonds. The number of benzene rings is 1. The summed E-state index contributed by atoms with van der Waals surface area (Å²) in [5, 5.41) is 3.35. The van der Waals surface area contributed by atoms with Crippen LogP contribution in [0.15, 0.2) is 29.2 Å². The normalized spacial score (nSPS) is 22.4. The van der Waals surface area contributed by atoms with E-state index in [1.165, 1.54) is 0 Å². The molecule has 1 aromatic rings. The highest BCUT2D eigenvalue weighted by Gasteiger charge is 2.31. The van der Waals surface area contributed by atoms with Gasteiger partial charge in [0.05, 0.1) is 5.69 Å². The lowest BCUT2D eigenvalue weighted by Crippen LogP contribution is -2.38. The van der Waals surface area contributed by atoms with Crippen molar-refractivity contribution in [1.82, 2.24) is 10.0 Å². The fourth-order valence-corrected chi connectivity index (χ4v) is 4.46. The van der Waals surface area contributed by atoms with Crippen LogP contribution in [0.3, 0.4) is 0 Å². The second-order valence-corrected chi connectivity index (χ2v) is 7.48. The number of anilines is 1. The van der Waals surface area contributed by atoms with Gasteiger partial charge in [-0.05, 0) is 44.9 Å². The predicted octanol–water partition coefficient (Wildman–Crippen LogP) is 1.32. The molecule has 1 aromatic carbocycles. The Labute approximate surface area is 126 Å². The summed E-state index contributed by atoms with van der Waals surface area (Å²) in [6.45, 7) is 4.80. The quantitative estimate of drug-likeness (QED) is 0.832. The van der Waals surface area contributed by atoms with E-state index in [0.29, 0.717) is 10.9 Å². The summed E-state index contributed by atoms with van der Waals surface area (Å²) in [6, 6.07) is 7.84. The Balaban J connectivity index is 1.93. The molecule has 1 atom stereocenters. The van der Waals surface area contributed by atoms with Crippen LogP contribution in [0.5, 0.6) is 0 Å². The minimum absolute atomic E-state index is 0.131. The summed E-state index contributed by atoms with van der Waals surface area (Å²) in [5.74, 6) is 0. The number of nitrogens with one attached hydrogen (secondary N) is 2. The Kier molecular flexibility index (Phi) is 4.19. The third-order valence-corrected chi connectivity index (χ3v) is 5.75. The molecule has 1 heterocycles. The van der Waals surface area contributed by atoms with E-state index in [1.54, 1.807) is 12.1 Å². The van der Waals surface area contributed by atoms with Gasteiger partial charge < -0.3 is 10.2 Å². The van der Waals surface area contributed by atoms with Crippen molar-refractivity contribution in [3.63, 3.8) is 0 Å². The Morgan fingerprint density at radius 1 is 1.29 bits per heavy atom. The first kappa shape index (κ1) is 14.8. The Hall–Kier alpha value is -1.11. The number of para-hydroxylation sites is 1. The van der Waals surface area contributed by atoms with Gasteiger partial charge in [0.1, 0.15) is 4.90 Å². The highest BCUT2D eigenvalue weighted by atomic mass is 32.2. The van der Waals surface area contributed by atoms with Crippen LogP contribution in [0.25, 0.3) is 0 Å². The fraction of sp³-hybridized carbons (Fsp3) is 0.600. The first-order valence-corrected chi connectivity index (χ1v) is 9.19. The summed E-state index contributed by atoms with van der Waals surface area (Å²) in [6.07, 6.45) is 2.95. The molecule has 2 fully saturated rings. The largest absolute Gasteiger partial charge is 0.366 e. The maximum absolute atomic E-state index is 12.6. The van der Waals surface area contributed by atoms with Crippen LogP contribution >= 0.6 is 0 Å². The zero-order valence-corrected chi connectivity index (χ0v) is 13.2. The predicted molar refractivity (Wildman–Crippen MR) is 84.1 cm³/mol. The Bertz CT molecular complexity index is 593. The molecule has 0 radical (unpaired) electrons. The average Bonchev–Trinajstić information content (AvgIpc) is 3.11. The summed E-state index contributed by atoms with van der Waals surface area (Å²) in [5.41, 5.74) is 0.821. The molecule has 0 aromatic heterocycles. The van der Waals surface area contributed by atoms with E-state index in [1.807, 2.05) is 12.1 Å². The standard InChI is InChI=1S/C15H23N3O2S/c1-2-18(13-9-10-16-11-13)14-5-3-4-6-15(14)21(19,20)17-12-7-8-12/h3-6,12-13,16-17H,2,7-11H2,1H3. The number of hydrogen-bond donors (Lipinski definition) is 2. The topological polar surface area (TPSA) is 61.4 Å². The van der Waals surface area contributed by atoms with E-state index in [4.69, 9.17) is 0 Å². The maximum Gasteiger partial charge on any atom is 0.242 e. The third kappa shape index (κ3) is 3.22.